The van der Waals surface area contributed by atoms with Crippen LogP contribution in [0.1, 0.15) is 0 Å². The zero-order valence-electron chi connectivity index (χ0n) is 33.1. The van der Waals surface area contributed by atoms with Gasteiger partial charge in [-0.15, -0.1) is 0 Å². The van der Waals surface area contributed by atoms with E-state index in [9.17, 15) is 0 Å². The van der Waals surface area contributed by atoms with Crippen molar-refractivity contribution in [3.8, 4) is 16.8 Å². The highest BCUT2D eigenvalue weighted by Gasteiger charge is 2.26. The molecule has 0 saturated carbocycles. The number of benzene rings is 11. The van der Waals surface area contributed by atoms with Crippen LogP contribution < -0.4 is 4.90 Å². The number of rotatable bonds is 5. The van der Waals surface area contributed by atoms with Gasteiger partial charge in [0, 0.05) is 38.2 Å². The second-order valence-corrected chi connectivity index (χ2v) is 16.0. The Bertz CT molecular complexity index is 3730. The lowest BCUT2D eigenvalue weighted by Gasteiger charge is -2.30. The maximum atomic E-state index is 7.05. The first-order valence-electron chi connectivity index (χ1n) is 20.9. The van der Waals surface area contributed by atoms with Crippen LogP contribution >= 0.6 is 0 Å². The normalized spacial score (nSPS) is 11.9. The van der Waals surface area contributed by atoms with E-state index in [0.29, 0.717) is 0 Å². The van der Waals surface area contributed by atoms with Gasteiger partial charge in [-0.1, -0.05) is 164 Å². The highest BCUT2D eigenvalue weighted by Crippen LogP contribution is 2.51. The summed E-state index contributed by atoms with van der Waals surface area (Å²) < 4.78 is 9.44. The number of hydrogen-bond donors (Lipinski definition) is 0. The summed E-state index contributed by atoms with van der Waals surface area (Å²) in [6.07, 6.45) is 0. The molecular weight excluding hydrogens is 741 g/mol. The Balaban J connectivity index is 1.13. The van der Waals surface area contributed by atoms with E-state index in [-0.39, 0.29) is 0 Å². The Morgan fingerprint density at radius 1 is 0.344 bits per heavy atom. The van der Waals surface area contributed by atoms with E-state index >= 15 is 0 Å². The third kappa shape index (κ3) is 5.04. The molecule has 61 heavy (non-hydrogen) atoms. The molecular formula is C58H36N2O. The molecule has 0 aliphatic rings. The average Bonchev–Trinajstić information content (AvgIpc) is 3.89. The van der Waals surface area contributed by atoms with Crippen molar-refractivity contribution in [2.24, 2.45) is 0 Å². The van der Waals surface area contributed by atoms with Gasteiger partial charge in [0.05, 0.1) is 33.5 Å². The molecule has 0 spiro atoms. The molecule has 0 aliphatic carbocycles. The predicted molar refractivity (Wildman–Crippen MR) is 258 cm³/mol. The van der Waals surface area contributed by atoms with Crippen molar-refractivity contribution in [3.05, 3.63) is 218 Å². The molecule has 0 atom stereocenters. The SMILES string of the molecule is c1cc(-c2ccc(N(c3cc4ccccc4c4ccccc34)c3cc4ccccc4c4ccccc34)c3c2oc2ccccc23)cc(-n2c3ccccc3c3ccccc32)c1. The molecule has 3 heteroatoms. The van der Waals surface area contributed by atoms with Gasteiger partial charge in [-0.05, 0) is 92.5 Å². The molecule has 3 nitrogen and oxygen atoms in total. The second kappa shape index (κ2) is 13.2. The minimum atomic E-state index is 0.858. The van der Waals surface area contributed by atoms with E-state index in [0.717, 1.165) is 55.8 Å². The first-order valence-corrected chi connectivity index (χ1v) is 20.9. The highest BCUT2D eigenvalue weighted by molar-refractivity contribution is 6.23. The zero-order valence-corrected chi connectivity index (χ0v) is 33.1. The number of fused-ring (bicyclic) bond motifs is 12. The van der Waals surface area contributed by atoms with E-state index in [1.807, 2.05) is 0 Å². The van der Waals surface area contributed by atoms with E-state index in [1.165, 1.54) is 64.9 Å². The van der Waals surface area contributed by atoms with Gasteiger partial charge in [-0.2, -0.15) is 0 Å². The van der Waals surface area contributed by atoms with Crippen molar-refractivity contribution in [1.29, 1.82) is 0 Å². The molecule has 284 valence electrons. The molecule has 0 N–H and O–H groups in total. The Hall–Kier alpha value is -8.14. The van der Waals surface area contributed by atoms with Gasteiger partial charge >= 0.3 is 0 Å². The van der Waals surface area contributed by atoms with Crippen LogP contribution in [0.25, 0.3) is 104 Å². The Morgan fingerprint density at radius 2 is 0.836 bits per heavy atom. The molecule has 11 aromatic carbocycles. The minimum Gasteiger partial charge on any atom is -0.455 e. The Morgan fingerprint density at radius 3 is 1.44 bits per heavy atom. The molecule has 13 rings (SSSR count). The number of anilines is 3. The fourth-order valence-electron chi connectivity index (χ4n) is 10.1. The van der Waals surface area contributed by atoms with Gasteiger partial charge in [-0.3, -0.25) is 0 Å². The summed E-state index contributed by atoms with van der Waals surface area (Å²) in [6, 6.07) is 79.3. The van der Waals surface area contributed by atoms with E-state index in [4.69, 9.17) is 4.42 Å². The fourth-order valence-corrected chi connectivity index (χ4v) is 10.1. The van der Waals surface area contributed by atoms with Crippen LogP contribution in [0.3, 0.4) is 0 Å². The number of nitrogens with zero attached hydrogens (tertiary/aromatic N) is 2. The summed E-state index contributed by atoms with van der Waals surface area (Å²) in [4.78, 5) is 2.51. The standard InChI is InChI=1S/C58H36N2O/c1-3-20-41-38(16-1)35-54(46-24-7-5-22-44(41)46)60(55-36-39-17-2-4-21-42(39)45-23-6-8-25-47(45)55)53-33-32-43(58-57(53)50-28-11-14-31-56(50)61-58)37-18-15-19-40(34-37)59-51-29-12-9-26-48(51)49-27-10-13-30-52(49)59/h1-36H. The summed E-state index contributed by atoms with van der Waals surface area (Å²) >= 11 is 0. The fraction of sp³-hybridized carbons (Fsp3) is 0. The minimum absolute atomic E-state index is 0.858. The molecule has 13 aromatic rings. The predicted octanol–water partition coefficient (Wildman–Crippen LogP) is 16.4. The summed E-state index contributed by atoms with van der Waals surface area (Å²) in [5, 5.41) is 14.3. The number of aromatic nitrogens is 1. The Kier molecular flexibility index (Phi) is 7.31. The van der Waals surface area contributed by atoms with Crippen LogP contribution in [-0.2, 0) is 0 Å². The second-order valence-electron chi connectivity index (χ2n) is 16.0. The van der Waals surface area contributed by atoms with Crippen LogP contribution in [-0.4, -0.2) is 4.57 Å². The average molecular weight is 777 g/mol. The molecule has 0 radical (unpaired) electrons. The largest absolute Gasteiger partial charge is 0.455 e. The number of para-hydroxylation sites is 3. The summed E-state index contributed by atoms with van der Waals surface area (Å²) in [6.45, 7) is 0. The molecule has 0 bridgehead atoms. The van der Waals surface area contributed by atoms with Crippen molar-refractivity contribution < 1.29 is 4.42 Å². The van der Waals surface area contributed by atoms with Gasteiger partial charge in [0.2, 0.25) is 0 Å². The third-order valence-electron chi connectivity index (χ3n) is 12.7. The van der Waals surface area contributed by atoms with Gasteiger partial charge in [0.1, 0.15) is 11.2 Å². The topological polar surface area (TPSA) is 21.3 Å². The lowest BCUT2D eigenvalue weighted by Crippen LogP contribution is -2.12. The summed E-state index contributed by atoms with van der Waals surface area (Å²) in [5.41, 5.74) is 10.6. The van der Waals surface area contributed by atoms with Gasteiger partial charge in [-0.25, -0.2) is 0 Å². The molecule has 2 heterocycles. The number of hydrogen-bond acceptors (Lipinski definition) is 2. The van der Waals surface area contributed by atoms with Crippen LogP contribution in [0, 0.1) is 0 Å². The van der Waals surface area contributed by atoms with Gasteiger partial charge in [0.15, 0.2) is 0 Å². The van der Waals surface area contributed by atoms with Crippen molar-refractivity contribution in [1.82, 2.24) is 4.57 Å². The first-order chi connectivity index (χ1) is 30.3. The first kappa shape index (κ1) is 33.8. The van der Waals surface area contributed by atoms with Crippen LogP contribution in [0.2, 0.25) is 0 Å². The van der Waals surface area contributed by atoms with Crippen molar-refractivity contribution >= 4 is 104 Å². The molecule has 0 amide bonds. The molecule has 0 fully saturated rings. The maximum Gasteiger partial charge on any atom is 0.145 e. The molecule has 0 unspecified atom stereocenters. The van der Waals surface area contributed by atoms with E-state index in [2.05, 4.69) is 228 Å². The molecule has 0 aliphatic heterocycles. The summed E-state index contributed by atoms with van der Waals surface area (Å²) in [7, 11) is 0. The van der Waals surface area contributed by atoms with E-state index < -0.39 is 0 Å². The van der Waals surface area contributed by atoms with E-state index in [1.54, 1.807) is 0 Å². The quantitative estimate of drug-likeness (QED) is 0.162. The van der Waals surface area contributed by atoms with Crippen molar-refractivity contribution in [2.75, 3.05) is 4.90 Å². The molecule has 2 aromatic heterocycles. The maximum absolute atomic E-state index is 7.05. The van der Waals surface area contributed by atoms with Crippen molar-refractivity contribution in [2.45, 2.75) is 0 Å². The van der Waals surface area contributed by atoms with Crippen LogP contribution in [0.15, 0.2) is 223 Å². The lowest BCUT2D eigenvalue weighted by atomic mass is 9.95. The monoisotopic (exact) mass is 776 g/mol. The smallest absolute Gasteiger partial charge is 0.145 e. The summed E-state index contributed by atoms with van der Waals surface area (Å²) in [5.74, 6) is 0. The third-order valence-corrected chi connectivity index (χ3v) is 12.7. The van der Waals surface area contributed by atoms with Crippen LogP contribution in [0.5, 0.6) is 0 Å². The van der Waals surface area contributed by atoms with Gasteiger partial charge < -0.3 is 13.9 Å². The molecule has 0 saturated heterocycles. The van der Waals surface area contributed by atoms with Crippen molar-refractivity contribution in [3.63, 3.8) is 0 Å². The lowest BCUT2D eigenvalue weighted by molar-refractivity contribution is 0.670. The van der Waals surface area contributed by atoms with Crippen LogP contribution in [0.4, 0.5) is 17.1 Å². The Labute approximate surface area is 351 Å². The number of furan rings is 1. The zero-order chi connectivity index (χ0) is 40.0. The highest BCUT2D eigenvalue weighted by atomic mass is 16.3. The van der Waals surface area contributed by atoms with Gasteiger partial charge in [0.25, 0.3) is 0 Å².